The molecule has 28 heavy (non-hydrogen) atoms. The number of Topliss-reactive ketones (excluding diaryl/α,β-unsaturated/α-hetero) is 3. The second kappa shape index (κ2) is 7.80. The number of rotatable bonds is 5. The Hall–Kier alpha value is -2.59. The Labute approximate surface area is 166 Å². The van der Waals surface area contributed by atoms with Gasteiger partial charge in [0.15, 0.2) is 5.78 Å². The molecule has 0 saturated carbocycles. The minimum absolute atomic E-state index is 0.0210. The lowest BCUT2D eigenvalue weighted by Crippen LogP contribution is -2.55. The first-order chi connectivity index (χ1) is 13.3. The van der Waals surface area contributed by atoms with Gasteiger partial charge in [-0.15, -0.1) is 0 Å². The molecule has 146 valence electrons. The summed E-state index contributed by atoms with van der Waals surface area (Å²) < 4.78 is 0. The Morgan fingerprint density at radius 3 is 2.04 bits per heavy atom. The lowest BCUT2D eigenvalue weighted by molar-refractivity contribution is -0.144. The van der Waals surface area contributed by atoms with Crippen LogP contribution in [0.1, 0.15) is 47.8 Å². The molecule has 2 unspecified atom stereocenters. The zero-order chi connectivity index (χ0) is 20.5. The van der Waals surface area contributed by atoms with Crippen LogP contribution in [-0.4, -0.2) is 35.8 Å². The van der Waals surface area contributed by atoms with Crippen LogP contribution in [0.2, 0.25) is 0 Å². The molecule has 1 saturated heterocycles. The minimum Gasteiger partial charge on any atom is -0.299 e. The van der Waals surface area contributed by atoms with Crippen LogP contribution in [0.4, 0.5) is 0 Å². The Morgan fingerprint density at radius 1 is 0.929 bits per heavy atom. The minimum atomic E-state index is -1.13. The maximum atomic E-state index is 13.5. The van der Waals surface area contributed by atoms with Gasteiger partial charge >= 0.3 is 0 Å². The maximum absolute atomic E-state index is 13.5. The van der Waals surface area contributed by atoms with Crippen molar-refractivity contribution in [1.82, 2.24) is 4.90 Å². The van der Waals surface area contributed by atoms with Crippen LogP contribution in [0.5, 0.6) is 0 Å². The van der Waals surface area contributed by atoms with E-state index in [2.05, 4.69) is 0 Å². The summed E-state index contributed by atoms with van der Waals surface area (Å²) >= 11 is 0. The average Bonchev–Trinajstić information content (AvgIpc) is 2.67. The normalized spacial score (nSPS) is 21.9. The number of likely N-dealkylation sites (tertiary alicyclic amines) is 1. The largest absolute Gasteiger partial charge is 0.299 e. The van der Waals surface area contributed by atoms with Gasteiger partial charge in [-0.25, -0.2) is 0 Å². The zero-order valence-electron chi connectivity index (χ0n) is 16.9. The fourth-order valence-electron chi connectivity index (χ4n) is 4.45. The summed E-state index contributed by atoms with van der Waals surface area (Å²) in [6.45, 7) is 5.23. The molecule has 0 amide bonds. The summed E-state index contributed by atoms with van der Waals surface area (Å²) in [5.41, 5.74) is 1.59. The van der Waals surface area contributed by atoms with E-state index in [1.165, 1.54) is 13.8 Å². The van der Waals surface area contributed by atoms with Crippen molar-refractivity contribution in [1.29, 1.82) is 0 Å². The van der Waals surface area contributed by atoms with Gasteiger partial charge in [-0.1, -0.05) is 60.2 Å². The van der Waals surface area contributed by atoms with Crippen molar-refractivity contribution in [2.45, 2.75) is 33.2 Å². The molecule has 0 bridgehead atoms. The number of benzene rings is 2. The van der Waals surface area contributed by atoms with Crippen molar-refractivity contribution in [2.75, 3.05) is 13.6 Å². The van der Waals surface area contributed by atoms with Gasteiger partial charge in [-0.2, -0.15) is 0 Å². The number of hydrogen-bond acceptors (Lipinski definition) is 4. The lowest BCUT2D eigenvalue weighted by atomic mass is 9.65. The van der Waals surface area contributed by atoms with Crippen molar-refractivity contribution in [3.8, 4) is 0 Å². The van der Waals surface area contributed by atoms with E-state index in [1.807, 2.05) is 73.5 Å². The number of nitrogens with zero attached hydrogens (tertiary/aromatic N) is 1. The van der Waals surface area contributed by atoms with E-state index in [9.17, 15) is 14.4 Å². The van der Waals surface area contributed by atoms with Crippen LogP contribution < -0.4 is 0 Å². The van der Waals surface area contributed by atoms with Crippen LogP contribution in [-0.2, 0) is 9.59 Å². The lowest BCUT2D eigenvalue weighted by Gasteiger charge is -2.47. The molecule has 2 aromatic carbocycles. The fourth-order valence-corrected chi connectivity index (χ4v) is 4.45. The monoisotopic (exact) mass is 377 g/mol. The van der Waals surface area contributed by atoms with Crippen LogP contribution in [0.3, 0.4) is 0 Å². The topological polar surface area (TPSA) is 54.5 Å². The van der Waals surface area contributed by atoms with E-state index in [0.29, 0.717) is 12.1 Å². The molecule has 0 aliphatic carbocycles. The van der Waals surface area contributed by atoms with Gasteiger partial charge in [0.1, 0.15) is 17.0 Å². The highest BCUT2D eigenvalue weighted by molar-refractivity contribution is 6.07. The predicted octanol–water partition coefficient (Wildman–Crippen LogP) is 4.04. The molecule has 0 spiro atoms. The molecule has 2 aromatic rings. The first-order valence-corrected chi connectivity index (χ1v) is 9.64. The number of carbonyl (C=O) groups is 3. The second-order valence-corrected chi connectivity index (χ2v) is 8.01. The Bertz CT molecular complexity index is 872. The highest BCUT2D eigenvalue weighted by Gasteiger charge is 2.52. The summed E-state index contributed by atoms with van der Waals surface area (Å²) in [4.78, 5) is 40.6. The van der Waals surface area contributed by atoms with Crippen LogP contribution >= 0.6 is 0 Å². The smallest absolute Gasteiger partial charge is 0.167 e. The summed E-state index contributed by atoms with van der Waals surface area (Å²) in [5, 5.41) is 0. The molecule has 1 heterocycles. The van der Waals surface area contributed by atoms with E-state index in [4.69, 9.17) is 0 Å². The van der Waals surface area contributed by atoms with E-state index >= 15 is 0 Å². The van der Waals surface area contributed by atoms with E-state index < -0.39 is 11.3 Å². The van der Waals surface area contributed by atoms with Crippen molar-refractivity contribution in [3.63, 3.8) is 0 Å². The third-order valence-electron chi connectivity index (χ3n) is 6.11. The van der Waals surface area contributed by atoms with E-state index in [-0.39, 0.29) is 29.8 Å². The van der Waals surface area contributed by atoms with Gasteiger partial charge in [-0.3, -0.25) is 19.3 Å². The van der Waals surface area contributed by atoms with Gasteiger partial charge in [0.2, 0.25) is 0 Å². The van der Waals surface area contributed by atoms with Crippen LogP contribution in [0.15, 0.2) is 54.6 Å². The number of aryl methyl sites for hydroxylation is 1. The fraction of sp³-hybridized carbons (Fsp3) is 0.375. The number of hydrogen-bond donors (Lipinski definition) is 0. The van der Waals surface area contributed by atoms with Gasteiger partial charge in [0.05, 0.1) is 0 Å². The molecule has 4 nitrogen and oxygen atoms in total. The van der Waals surface area contributed by atoms with Crippen molar-refractivity contribution in [2.24, 2.45) is 11.3 Å². The molecule has 0 radical (unpaired) electrons. The van der Waals surface area contributed by atoms with Crippen LogP contribution in [0.25, 0.3) is 0 Å². The first kappa shape index (κ1) is 20.2. The van der Waals surface area contributed by atoms with Gasteiger partial charge in [-0.05, 0) is 39.8 Å². The molecule has 4 heteroatoms. The van der Waals surface area contributed by atoms with Crippen molar-refractivity contribution in [3.05, 3.63) is 71.3 Å². The highest BCUT2D eigenvalue weighted by atomic mass is 16.2. The third-order valence-corrected chi connectivity index (χ3v) is 6.11. The second-order valence-electron chi connectivity index (χ2n) is 8.01. The zero-order valence-corrected chi connectivity index (χ0v) is 16.9. The molecule has 1 aliphatic heterocycles. The average molecular weight is 377 g/mol. The van der Waals surface area contributed by atoms with E-state index in [1.54, 1.807) is 0 Å². The summed E-state index contributed by atoms with van der Waals surface area (Å²) in [7, 11) is 1.90. The predicted molar refractivity (Wildman–Crippen MR) is 109 cm³/mol. The quantitative estimate of drug-likeness (QED) is 0.583. The Morgan fingerprint density at radius 2 is 1.50 bits per heavy atom. The van der Waals surface area contributed by atoms with E-state index in [0.717, 1.165) is 11.1 Å². The highest BCUT2D eigenvalue weighted by Crippen LogP contribution is 2.45. The molecule has 0 N–H and O–H groups in total. The molecule has 1 fully saturated rings. The molecule has 2 atom stereocenters. The van der Waals surface area contributed by atoms with Gasteiger partial charge < -0.3 is 0 Å². The Balaban J connectivity index is 2.09. The number of piperidine rings is 1. The first-order valence-electron chi connectivity index (χ1n) is 9.64. The van der Waals surface area contributed by atoms with Crippen LogP contribution in [0, 0.1) is 18.3 Å². The van der Waals surface area contributed by atoms with Gasteiger partial charge in [0, 0.05) is 24.1 Å². The van der Waals surface area contributed by atoms with Crippen molar-refractivity contribution >= 4 is 17.3 Å². The van der Waals surface area contributed by atoms with Crippen molar-refractivity contribution < 1.29 is 14.4 Å². The molecular formula is C24H27NO3. The standard InChI is InChI=1S/C24H27NO3/c1-16-10-12-20(13-11-16)23(28)21-14-24(17(2)26,18(3)27)15-25(4)22(21)19-8-6-5-7-9-19/h5-13,21-22H,14-15H2,1-4H3. The third kappa shape index (κ3) is 3.57. The molecular weight excluding hydrogens is 350 g/mol. The Kier molecular flexibility index (Phi) is 5.61. The van der Waals surface area contributed by atoms with Gasteiger partial charge in [0.25, 0.3) is 0 Å². The molecule has 3 rings (SSSR count). The maximum Gasteiger partial charge on any atom is 0.167 e. The number of ketones is 3. The molecule has 1 aliphatic rings. The summed E-state index contributed by atoms with van der Waals surface area (Å²) in [5.74, 6) is -0.830. The molecule has 0 aromatic heterocycles. The summed E-state index contributed by atoms with van der Waals surface area (Å²) in [6, 6.07) is 17.2. The number of carbonyl (C=O) groups excluding carboxylic acids is 3. The SMILES string of the molecule is CC(=O)C1(C(C)=O)CC(C(=O)c2ccc(C)cc2)C(c2ccccc2)N(C)C1. The summed E-state index contributed by atoms with van der Waals surface area (Å²) in [6.07, 6.45) is 0.244.